The number of aliphatic hydroxyl groups excluding tert-OH is 1. The van der Waals surface area contributed by atoms with E-state index in [9.17, 15) is 9.90 Å². The Labute approximate surface area is 162 Å². The van der Waals surface area contributed by atoms with Crippen molar-refractivity contribution in [2.24, 2.45) is 0 Å². The van der Waals surface area contributed by atoms with Gasteiger partial charge in [-0.15, -0.1) is 0 Å². The lowest BCUT2D eigenvalue weighted by atomic mass is 10.1. The summed E-state index contributed by atoms with van der Waals surface area (Å²) in [6, 6.07) is 3.77. The lowest BCUT2D eigenvalue weighted by Crippen LogP contribution is -2.36. The number of aryl methyl sites for hydroxylation is 2. The fourth-order valence-electron chi connectivity index (χ4n) is 3.03. The van der Waals surface area contributed by atoms with Gasteiger partial charge >= 0.3 is 5.69 Å². The summed E-state index contributed by atoms with van der Waals surface area (Å²) in [6.45, 7) is 6.09. The molecule has 1 aliphatic rings. The summed E-state index contributed by atoms with van der Waals surface area (Å²) in [5.41, 5.74) is 1.39. The smallest absolute Gasteiger partial charge is 0.348 e. The highest BCUT2D eigenvalue weighted by Crippen LogP contribution is 2.18. The molecule has 0 aliphatic carbocycles. The van der Waals surface area contributed by atoms with E-state index < -0.39 is 0 Å². The average Bonchev–Trinajstić information content (AvgIpc) is 2.65. The van der Waals surface area contributed by atoms with Gasteiger partial charge in [-0.05, 0) is 38.8 Å². The first-order chi connectivity index (χ1) is 13.4. The molecule has 1 fully saturated rings. The normalized spacial score (nSPS) is 14.2. The van der Waals surface area contributed by atoms with Gasteiger partial charge in [0.1, 0.15) is 5.82 Å². The molecule has 0 unspecified atom stereocenters. The highest BCUT2D eigenvalue weighted by molar-refractivity contribution is 5.42. The van der Waals surface area contributed by atoms with Crippen molar-refractivity contribution in [3.05, 3.63) is 40.2 Å². The molecule has 0 bridgehead atoms. The molecule has 2 aromatic rings. The van der Waals surface area contributed by atoms with Gasteiger partial charge in [0, 0.05) is 43.8 Å². The lowest BCUT2D eigenvalue weighted by Gasteiger charge is -2.30. The first-order valence-electron chi connectivity index (χ1n) is 9.07. The quantitative estimate of drug-likeness (QED) is 0.621. The second-order valence-corrected chi connectivity index (χ2v) is 6.46. The average molecular weight is 390 g/mol. The van der Waals surface area contributed by atoms with Crippen LogP contribution in [0.5, 0.6) is 0 Å². The highest BCUT2D eigenvalue weighted by Gasteiger charge is 2.18. The van der Waals surface area contributed by atoms with Crippen LogP contribution in [0.2, 0.25) is 0 Å². The van der Waals surface area contributed by atoms with Gasteiger partial charge in [-0.3, -0.25) is 9.36 Å². The third-order valence-corrected chi connectivity index (χ3v) is 4.39. The molecule has 10 heteroatoms. The Balaban J connectivity index is 0.000000878. The van der Waals surface area contributed by atoms with Crippen molar-refractivity contribution in [3.63, 3.8) is 0 Å². The van der Waals surface area contributed by atoms with Crippen molar-refractivity contribution in [3.8, 4) is 0 Å². The van der Waals surface area contributed by atoms with Crippen LogP contribution in [0.25, 0.3) is 0 Å². The minimum Gasteiger partial charge on any atom is -0.483 e. The molecule has 0 saturated carbocycles. The van der Waals surface area contributed by atoms with E-state index in [0.29, 0.717) is 19.0 Å². The number of nitrogens with zero attached hydrogens (tertiary/aromatic N) is 5. The van der Waals surface area contributed by atoms with Crippen LogP contribution in [0.3, 0.4) is 0 Å². The molecule has 1 aliphatic heterocycles. The number of nitrogens with one attached hydrogen (secondary N) is 1. The van der Waals surface area contributed by atoms with Gasteiger partial charge in [-0.25, -0.2) is 9.78 Å². The third-order valence-electron chi connectivity index (χ3n) is 4.39. The molecular formula is C18H26N6O4. The summed E-state index contributed by atoms with van der Waals surface area (Å²) in [5, 5.41) is 19.7. The van der Waals surface area contributed by atoms with Crippen molar-refractivity contribution in [2.45, 2.75) is 39.3 Å². The van der Waals surface area contributed by atoms with E-state index in [2.05, 4.69) is 25.2 Å². The van der Waals surface area contributed by atoms with Gasteiger partial charge in [-0.2, -0.15) is 9.97 Å². The Kier molecular flexibility index (Phi) is 7.88. The number of piperidine rings is 1. The molecule has 1 saturated heterocycles. The second-order valence-electron chi connectivity index (χ2n) is 6.46. The van der Waals surface area contributed by atoms with Gasteiger partial charge in [0.25, 0.3) is 6.47 Å². The Bertz CT molecular complexity index is 833. The zero-order valence-corrected chi connectivity index (χ0v) is 16.1. The largest absolute Gasteiger partial charge is 0.483 e. The first kappa shape index (κ1) is 21.3. The predicted molar refractivity (Wildman–Crippen MR) is 105 cm³/mol. The number of carbonyl (C=O) groups is 1. The zero-order chi connectivity index (χ0) is 20.5. The second kappa shape index (κ2) is 10.4. The summed E-state index contributed by atoms with van der Waals surface area (Å²) in [4.78, 5) is 35.2. The number of hydrogen-bond acceptors (Lipinski definition) is 8. The number of aliphatic hydroxyl groups is 1. The summed E-state index contributed by atoms with van der Waals surface area (Å²) in [7, 11) is 0. The monoisotopic (exact) mass is 390 g/mol. The number of hydrogen-bond donors (Lipinski definition) is 3. The van der Waals surface area contributed by atoms with Gasteiger partial charge < -0.3 is 20.4 Å². The van der Waals surface area contributed by atoms with Crippen LogP contribution in [0.15, 0.2) is 23.1 Å². The number of aromatic nitrogens is 4. The zero-order valence-electron chi connectivity index (χ0n) is 16.1. The van der Waals surface area contributed by atoms with Crippen molar-refractivity contribution < 1.29 is 15.0 Å². The van der Waals surface area contributed by atoms with E-state index >= 15 is 0 Å². The summed E-state index contributed by atoms with van der Waals surface area (Å²) in [6.07, 6.45) is 3.03. The topological polar surface area (TPSA) is 133 Å². The van der Waals surface area contributed by atoms with Crippen LogP contribution in [0.4, 0.5) is 11.8 Å². The molecule has 2 aromatic heterocycles. The Morgan fingerprint density at radius 1 is 1.29 bits per heavy atom. The molecule has 0 spiro atoms. The molecule has 10 nitrogen and oxygen atoms in total. The maximum absolute atomic E-state index is 12.0. The maximum Gasteiger partial charge on any atom is 0.348 e. The van der Waals surface area contributed by atoms with Crippen molar-refractivity contribution in [1.82, 2.24) is 19.5 Å². The molecular weight excluding hydrogens is 364 g/mol. The standard InChI is InChI=1S/C17H24N6O2.CH2O2/c1-12-11-13(2)23(17(25)20-12)10-7-19-16-18-6-3-15(21-16)22-8-4-14(24)5-9-22;2-1-3/h3,6,11,14,24H,4-5,7-10H2,1-2H3,(H,18,19,21);1H,(H,2,3). The van der Waals surface area contributed by atoms with E-state index in [1.165, 1.54) is 0 Å². The fourth-order valence-corrected chi connectivity index (χ4v) is 3.03. The summed E-state index contributed by atoms with van der Waals surface area (Å²) >= 11 is 0. The van der Waals surface area contributed by atoms with Crippen LogP contribution in [0.1, 0.15) is 24.2 Å². The molecule has 152 valence electrons. The van der Waals surface area contributed by atoms with Crippen molar-refractivity contribution in [2.75, 3.05) is 29.9 Å². The number of rotatable bonds is 5. The van der Waals surface area contributed by atoms with E-state index in [-0.39, 0.29) is 18.3 Å². The summed E-state index contributed by atoms with van der Waals surface area (Å²) in [5.74, 6) is 1.39. The van der Waals surface area contributed by atoms with Gasteiger partial charge in [0.05, 0.1) is 6.10 Å². The Morgan fingerprint density at radius 3 is 2.61 bits per heavy atom. The van der Waals surface area contributed by atoms with Gasteiger partial charge in [-0.1, -0.05) is 0 Å². The van der Waals surface area contributed by atoms with E-state index in [1.54, 1.807) is 10.8 Å². The Morgan fingerprint density at radius 2 is 1.96 bits per heavy atom. The minimum atomic E-state index is -0.250. The first-order valence-corrected chi connectivity index (χ1v) is 9.07. The molecule has 3 N–H and O–H groups in total. The molecule has 0 atom stereocenters. The molecule has 0 radical (unpaired) electrons. The number of anilines is 2. The maximum atomic E-state index is 12.0. The SMILES string of the molecule is Cc1cc(C)n(CCNc2nccc(N3CCC(O)CC3)n2)c(=O)n1.O=CO. The molecule has 0 amide bonds. The third kappa shape index (κ3) is 6.02. The van der Waals surface area contributed by atoms with Gasteiger partial charge in [0.15, 0.2) is 0 Å². The Hall–Kier alpha value is -3.01. The van der Waals surface area contributed by atoms with E-state index in [4.69, 9.17) is 9.90 Å². The van der Waals surface area contributed by atoms with Crippen LogP contribution < -0.4 is 15.9 Å². The molecule has 0 aromatic carbocycles. The lowest BCUT2D eigenvalue weighted by molar-refractivity contribution is -0.122. The van der Waals surface area contributed by atoms with E-state index in [0.717, 1.165) is 43.1 Å². The highest BCUT2D eigenvalue weighted by atomic mass is 16.3. The van der Waals surface area contributed by atoms with Crippen LogP contribution in [-0.4, -0.2) is 61.9 Å². The van der Waals surface area contributed by atoms with Gasteiger partial charge in [0.2, 0.25) is 5.95 Å². The van der Waals surface area contributed by atoms with E-state index in [1.807, 2.05) is 26.0 Å². The van der Waals surface area contributed by atoms with Crippen LogP contribution in [0, 0.1) is 13.8 Å². The van der Waals surface area contributed by atoms with Crippen molar-refractivity contribution >= 4 is 18.2 Å². The fraction of sp³-hybridized carbons (Fsp3) is 0.500. The molecule has 28 heavy (non-hydrogen) atoms. The van der Waals surface area contributed by atoms with Crippen LogP contribution in [-0.2, 0) is 11.3 Å². The van der Waals surface area contributed by atoms with Crippen LogP contribution >= 0.6 is 0 Å². The number of carboxylic acid groups (broad SMARTS) is 1. The molecule has 3 heterocycles. The summed E-state index contributed by atoms with van der Waals surface area (Å²) < 4.78 is 1.63. The minimum absolute atomic E-state index is 0.208. The van der Waals surface area contributed by atoms with Crippen molar-refractivity contribution in [1.29, 1.82) is 0 Å². The molecule has 3 rings (SSSR count). The predicted octanol–water partition coefficient (Wildman–Crippen LogP) is 0.424.